The van der Waals surface area contributed by atoms with Gasteiger partial charge < -0.3 is 5.73 Å². The first-order valence-corrected chi connectivity index (χ1v) is 7.20. The van der Waals surface area contributed by atoms with Gasteiger partial charge in [-0.15, -0.1) is 0 Å². The molecule has 0 saturated carbocycles. The van der Waals surface area contributed by atoms with Gasteiger partial charge >= 0.3 is 0 Å². The van der Waals surface area contributed by atoms with Crippen molar-refractivity contribution in [2.75, 3.05) is 5.73 Å². The molecule has 0 fully saturated rings. The highest BCUT2D eigenvalue weighted by atomic mass is 35.5. The van der Waals surface area contributed by atoms with E-state index in [4.69, 9.17) is 17.3 Å². The van der Waals surface area contributed by atoms with E-state index in [0.29, 0.717) is 5.02 Å². The Labute approximate surface area is 122 Å². The van der Waals surface area contributed by atoms with Crippen molar-refractivity contribution in [3.8, 4) is 0 Å². The highest BCUT2D eigenvalue weighted by Gasteiger charge is 2.18. The van der Waals surface area contributed by atoms with E-state index in [1.807, 2.05) is 0 Å². The Morgan fingerprint density at radius 3 is 2.80 bits per heavy atom. The molecule has 2 rings (SSSR count). The topological polar surface area (TPSA) is 99.1 Å². The van der Waals surface area contributed by atoms with E-state index in [0.717, 1.165) is 0 Å². The number of nitrogens with zero attached hydrogens (tertiary/aromatic N) is 2. The molecule has 0 saturated heterocycles. The molecule has 0 aliphatic carbocycles. The number of hydrogen-bond acceptors (Lipinski definition) is 5. The summed E-state index contributed by atoms with van der Waals surface area (Å²) in [4.78, 5) is 14.3. The van der Waals surface area contributed by atoms with E-state index in [1.54, 1.807) is 12.1 Å². The van der Waals surface area contributed by atoms with Gasteiger partial charge in [0.1, 0.15) is 5.03 Å². The van der Waals surface area contributed by atoms with Crippen molar-refractivity contribution in [3.05, 3.63) is 57.2 Å². The smallest absolute Gasteiger partial charge is 0.273 e. The lowest BCUT2D eigenvalue weighted by molar-refractivity contribution is -0.385. The molecule has 1 unspecified atom stereocenters. The summed E-state index contributed by atoms with van der Waals surface area (Å²) in [5, 5.41) is 11.5. The molecule has 0 spiro atoms. The number of nitrogen functional groups attached to an aromatic ring is 1. The molecule has 0 aliphatic rings. The van der Waals surface area contributed by atoms with Gasteiger partial charge in [-0.05, 0) is 24.3 Å². The van der Waals surface area contributed by atoms with Crippen LogP contribution in [0, 0.1) is 10.1 Å². The molecule has 8 heteroatoms. The van der Waals surface area contributed by atoms with Gasteiger partial charge in [-0.3, -0.25) is 14.3 Å². The maximum absolute atomic E-state index is 12.2. The van der Waals surface area contributed by atoms with Gasteiger partial charge in [-0.1, -0.05) is 11.6 Å². The van der Waals surface area contributed by atoms with Crippen LogP contribution in [0.1, 0.15) is 5.56 Å². The van der Waals surface area contributed by atoms with Gasteiger partial charge in [0.2, 0.25) is 0 Å². The molecule has 1 atom stereocenters. The molecule has 0 aliphatic heterocycles. The molecule has 2 N–H and O–H groups in total. The second kappa shape index (κ2) is 5.98. The van der Waals surface area contributed by atoms with Crippen LogP contribution in [0.4, 0.5) is 11.4 Å². The Bertz CT molecular complexity index is 693. The predicted molar refractivity (Wildman–Crippen MR) is 76.9 cm³/mol. The number of benzene rings is 1. The number of aromatic nitrogens is 1. The summed E-state index contributed by atoms with van der Waals surface area (Å²) in [7, 11) is -1.58. The van der Waals surface area contributed by atoms with Crippen LogP contribution in [-0.2, 0) is 16.6 Å². The number of hydrogen-bond donors (Lipinski definition) is 1. The average molecular weight is 312 g/mol. The lowest BCUT2D eigenvalue weighted by Gasteiger charge is -2.05. The van der Waals surface area contributed by atoms with Crippen LogP contribution in [0.3, 0.4) is 0 Å². The molecule has 1 heterocycles. The van der Waals surface area contributed by atoms with E-state index >= 15 is 0 Å². The minimum absolute atomic E-state index is 0.0713. The summed E-state index contributed by atoms with van der Waals surface area (Å²) in [5.74, 6) is -0.0713. The number of pyridine rings is 1. The van der Waals surface area contributed by atoms with Crippen molar-refractivity contribution in [1.29, 1.82) is 0 Å². The number of nitro benzene ring substituents is 1. The third kappa shape index (κ3) is 3.12. The molecule has 0 bridgehead atoms. The van der Waals surface area contributed by atoms with Crippen LogP contribution in [0.5, 0.6) is 0 Å². The molecule has 0 amide bonds. The molecule has 20 heavy (non-hydrogen) atoms. The van der Waals surface area contributed by atoms with Gasteiger partial charge in [-0.2, -0.15) is 0 Å². The quantitative estimate of drug-likeness (QED) is 0.691. The first-order chi connectivity index (χ1) is 9.49. The second-order valence-electron chi connectivity index (χ2n) is 3.92. The normalized spacial score (nSPS) is 12.1. The summed E-state index contributed by atoms with van der Waals surface area (Å²) in [6.45, 7) is 0. The van der Waals surface area contributed by atoms with Crippen LogP contribution < -0.4 is 5.73 Å². The lowest BCUT2D eigenvalue weighted by atomic mass is 10.2. The van der Waals surface area contributed by atoms with Gasteiger partial charge in [0, 0.05) is 22.8 Å². The van der Waals surface area contributed by atoms with Crippen molar-refractivity contribution in [2.45, 2.75) is 10.8 Å². The summed E-state index contributed by atoms with van der Waals surface area (Å²) < 4.78 is 12.2. The molecule has 2 aromatic rings. The van der Waals surface area contributed by atoms with E-state index < -0.39 is 15.7 Å². The number of rotatable bonds is 4. The molecule has 1 aromatic carbocycles. The molecule has 0 radical (unpaired) electrons. The number of anilines is 1. The average Bonchev–Trinajstić information content (AvgIpc) is 2.38. The molecular formula is C12H10ClN3O3S. The maximum atomic E-state index is 12.2. The Balaban J connectivity index is 2.35. The monoisotopic (exact) mass is 311 g/mol. The number of nitro groups is 1. The van der Waals surface area contributed by atoms with Crippen LogP contribution in [-0.4, -0.2) is 14.1 Å². The zero-order valence-corrected chi connectivity index (χ0v) is 11.7. The third-order valence-corrected chi connectivity index (χ3v) is 4.12. The number of nitrogens with two attached hydrogens (primary N) is 1. The SMILES string of the molecule is Nc1cccnc1S(=O)Cc1cc(Cl)ccc1[N+](=O)[O-]. The fourth-order valence-corrected chi connectivity index (χ4v) is 3.01. The van der Waals surface area contributed by atoms with Crippen LogP contribution >= 0.6 is 11.6 Å². The number of halogens is 1. The first kappa shape index (κ1) is 14.4. The molecular weight excluding hydrogens is 302 g/mol. The Hall–Kier alpha value is -1.99. The van der Waals surface area contributed by atoms with E-state index in [-0.39, 0.29) is 27.7 Å². The van der Waals surface area contributed by atoms with Gasteiger partial charge in [0.25, 0.3) is 5.69 Å². The minimum Gasteiger partial charge on any atom is -0.396 e. The third-order valence-electron chi connectivity index (χ3n) is 2.54. The Kier molecular flexibility index (Phi) is 4.31. The van der Waals surface area contributed by atoms with Gasteiger partial charge in [0.05, 0.1) is 27.2 Å². The summed E-state index contributed by atoms with van der Waals surface area (Å²) in [6.07, 6.45) is 1.47. The van der Waals surface area contributed by atoms with Crippen molar-refractivity contribution >= 4 is 33.8 Å². The van der Waals surface area contributed by atoms with Gasteiger partial charge in [-0.25, -0.2) is 4.98 Å². The van der Waals surface area contributed by atoms with Crippen LogP contribution in [0.15, 0.2) is 41.6 Å². The van der Waals surface area contributed by atoms with Crippen molar-refractivity contribution in [1.82, 2.24) is 4.98 Å². The molecule has 1 aromatic heterocycles. The summed E-state index contributed by atoms with van der Waals surface area (Å²) in [6, 6.07) is 7.33. The highest BCUT2D eigenvalue weighted by Crippen LogP contribution is 2.26. The highest BCUT2D eigenvalue weighted by molar-refractivity contribution is 7.84. The minimum atomic E-state index is -1.58. The van der Waals surface area contributed by atoms with Crippen LogP contribution in [0.2, 0.25) is 5.02 Å². The zero-order chi connectivity index (χ0) is 14.7. The second-order valence-corrected chi connectivity index (χ2v) is 5.72. The van der Waals surface area contributed by atoms with E-state index in [9.17, 15) is 14.3 Å². The summed E-state index contributed by atoms with van der Waals surface area (Å²) >= 11 is 5.82. The fourth-order valence-electron chi connectivity index (χ4n) is 1.65. The van der Waals surface area contributed by atoms with Crippen LogP contribution in [0.25, 0.3) is 0 Å². The first-order valence-electron chi connectivity index (χ1n) is 5.50. The summed E-state index contributed by atoms with van der Waals surface area (Å²) in [5.41, 5.74) is 6.13. The fraction of sp³-hybridized carbons (Fsp3) is 0.0833. The van der Waals surface area contributed by atoms with E-state index in [1.165, 1.54) is 24.4 Å². The lowest BCUT2D eigenvalue weighted by Crippen LogP contribution is -2.05. The zero-order valence-electron chi connectivity index (χ0n) is 10.2. The largest absolute Gasteiger partial charge is 0.396 e. The predicted octanol–water partition coefficient (Wildman–Crippen LogP) is 2.53. The van der Waals surface area contributed by atoms with Crippen molar-refractivity contribution in [2.24, 2.45) is 0 Å². The van der Waals surface area contributed by atoms with Gasteiger partial charge in [0.15, 0.2) is 0 Å². The maximum Gasteiger partial charge on any atom is 0.273 e. The molecule has 104 valence electrons. The standard InChI is InChI=1S/C12H10ClN3O3S/c13-9-3-4-11(16(17)18)8(6-9)7-20(19)12-10(14)2-1-5-15-12/h1-6H,7,14H2. The molecule has 6 nitrogen and oxygen atoms in total. The Morgan fingerprint density at radius 2 is 2.15 bits per heavy atom. The van der Waals surface area contributed by atoms with Crippen molar-refractivity contribution < 1.29 is 9.13 Å². The Morgan fingerprint density at radius 1 is 1.40 bits per heavy atom. The van der Waals surface area contributed by atoms with Crippen molar-refractivity contribution in [3.63, 3.8) is 0 Å². The van der Waals surface area contributed by atoms with E-state index in [2.05, 4.69) is 4.98 Å².